The number of sulfonamides is 1. The number of halogens is 1. The highest BCUT2D eigenvalue weighted by molar-refractivity contribution is 7.89. The molecule has 20 heavy (non-hydrogen) atoms. The summed E-state index contributed by atoms with van der Waals surface area (Å²) in [6, 6.07) is 4.88. The lowest BCUT2D eigenvalue weighted by Crippen LogP contribution is -2.23. The van der Waals surface area contributed by atoms with Crippen LogP contribution in [0.4, 0.5) is 5.82 Å². The third kappa shape index (κ3) is 3.44. The molecule has 2 aromatic heterocycles. The molecule has 3 N–H and O–H groups in total. The van der Waals surface area contributed by atoms with Crippen LogP contribution >= 0.6 is 11.6 Å². The maximum atomic E-state index is 12.1. The first-order valence-electron chi connectivity index (χ1n) is 5.71. The predicted octanol–water partition coefficient (Wildman–Crippen LogP) is 1.50. The van der Waals surface area contributed by atoms with Crippen molar-refractivity contribution in [2.75, 3.05) is 5.73 Å². The minimum Gasteiger partial charge on any atom is -0.382 e. The Kier molecular flexibility index (Phi) is 4.22. The lowest BCUT2D eigenvalue weighted by molar-refractivity contribution is 0.581. The average Bonchev–Trinajstić information content (AvgIpc) is 2.41. The minimum atomic E-state index is -3.69. The summed E-state index contributed by atoms with van der Waals surface area (Å²) in [6.07, 6.45) is 2.78. The Morgan fingerprint density at radius 1 is 1.30 bits per heavy atom. The molecule has 0 aliphatic carbocycles. The summed E-state index contributed by atoms with van der Waals surface area (Å²) in [5.41, 5.74) is 7.07. The van der Waals surface area contributed by atoms with Crippen LogP contribution in [0, 0.1) is 6.92 Å². The summed E-state index contributed by atoms with van der Waals surface area (Å²) in [5.74, 6) is 0.0911. The second-order valence-electron chi connectivity index (χ2n) is 4.17. The van der Waals surface area contributed by atoms with Gasteiger partial charge in [0.15, 0.2) is 0 Å². The summed E-state index contributed by atoms with van der Waals surface area (Å²) in [5, 5.41) is 0.102. The summed E-state index contributed by atoms with van der Waals surface area (Å²) < 4.78 is 26.6. The summed E-state index contributed by atoms with van der Waals surface area (Å²) in [6.45, 7) is 1.99. The van der Waals surface area contributed by atoms with Crippen LogP contribution in [0.3, 0.4) is 0 Å². The van der Waals surface area contributed by atoms with Crippen molar-refractivity contribution < 1.29 is 8.42 Å². The van der Waals surface area contributed by atoms with Gasteiger partial charge in [0.2, 0.25) is 10.0 Å². The van der Waals surface area contributed by atoms with Crippen molar-refractivity contribution in [2.45, 2.75) is 18.4 Å². The number of anilines is 1. The Balaban J connectivity index is 2.14. The molecular formula is C12H13ClN4O2S. The fourth-order valence-electron chi connectivity index (χ4n) is 1.44. The second kappa shape index (κ2) is 5.74. The van der Waals surface area contributed by atoms with E-state index in [9.17, 15) is 8.42 Å². The van der Waals surface area contributed by atoms with Gasteiger partial charge in [-0.05, 0) is 24.6 Å². The zero-order valence-electron chi connectivity index (χ0n) is 10.7. The van der Waals surface area contributed by atoms with E-state index in [2.05, 4.69) is 14.7 Å². The molecule has 2 heterocycles. The van der Waals surface area contributed by atoms with Gasteiger partial charge in [0, 0.05) is 24.6 Å². The lowest BCUT2D eigenvalue weighted by Gasteiger charge is -2.07. The van der Waals surface area contributed by atoms with Gasteiger partial charge in [-0.25, -0.2) is 18.1 Å². The Labute approximate surface area is 122 Å². The van der Waals surface area contributed by atoms with Gasteiger partial charge in [0.1, 0.15) is 10.7 Å². The number of pyridine rings is 2. The normalized spacial score (nSPS) is 11.5. The first kappa shape index (κ1) is 14.7. The fourth-order valence-corrected chi connectivity index (χ4v) is 2.66. The van der Waals surface area contributed by atoms with Gasteiger partial charge in [-0.15, -0.1) is 0 Å². The first-order chi connectivity index (χ1) is 9.38. The maximum Gasteiger partial charge on any atom is 0.242 e. The van der Waals surface area contributed by atoms with Crippen molar-refractivity contribution in [1.82, 2.24) is 14.7 Å². The van der Waals surface area contributed by atoms with Gasteiger partial charge in [-0.3, -0.25) is 4.98 Å². The molecule has 6 nitrogen and oxygen atoms in total. The van der Waals surface area contributed by atoms with E-state index in [1.165, 1.54) is 6.07 Å². The van der Waals surface area contributed by atoms with Crippen molar-refractivity contribution >= 4 is 27.4 Å². The molecule has 0 unspecified atom stereocenters. The van der Waals surface area contributed by atoms with E-state index in [4.69, 9.17) is 17.3 Å². The van der Waals surface area contributed by atoms with Crippen molar-refractivity contribution in [3.05, 3.63) is 46.9 Å². The molecule has 2 aromatic rings. The average molecular weight is 313 g/mol. The van der Waals surface area contributed by atoms with Crippen molar-refractivity contribution in [3.63, 3.8) is 0 Å². The van der Waals surface area contributed by atoms with Gasteiger partial charge in [-0.2, -0.15) is 0 Å². The third-order valence-corrected chi connectivity index (χ3v) is 4.26. The number of nitrogen functional groups attached to an aromatic ring is 1. The van der Waals surface area contributed by atoms with Gasteiger partial charge >= 0.3 is 0 Å². The summed E-state index contributed by atoms with van der Waals surface area (Å²) >= 11 is 5.76. The fraction of sp³-hybridized carbons (Fsp3) is 0.167. The Morgan fingerprint density at radius 3 is 2.65 bits per heavy atom. The molecule has 0 saturated heterocycles. The smallest absolute Gasteiger partial charge is 0.242 e. The lowest BCUT2D eigenvalue weighted by atomic mass is 10.2. The molecule has 0 saturated carbocycles. The molecule has 0 amide bonds. The SMILES string of the molecule is Cc1ccc(CNS(=O)(=O)c2cnc(N)c(Cl)c2)cn1. The van der Waals surface area contributed by atoms with E-state index in [0.29, 0.717) is 0 Å². The van der Waals surface area contributed by atoms with Crippen LogP contribution in [0.5, 0.6) is 0 Å². The Morgan fingerprint density at radius 2 is 2.05 bits per heavy atom. The Hall–Kier alpha value is -1.70. The van der Waals surface area contributed by atoms with E-state index in [-0.39, 0.29) is 22.3 Å². The van der Waals surface area contributed by atoms with Crippen molar-refractivity contribution in [2.24, 2.45) is 0 Å². The monoisotopic (exact) mass is 312 g/mol. The van der Waals surface area contributed by atoms with Gasteiger partial charge in [-0.1, -0.05) is 17.7 Å². The molecule has 0 spiro atoms. The molecule has 0 radical (unpaired) electrons. The van der Waals surface area contributed by atoms with E-state index in [0.717, 1.165) is 17.5 Å². The number of rotatable bonds is 4. The number of nitrogens with one attached hydrogen (secondary N) is 1. The predicted molar refractivity (Wildman–Crippen MR) is 76.7 cm³/mol. The van der Waals surface area contributed by atoms with Crippen LogP contribution < -0.4 is 10.5 Å². The van der Waals surface area contributed by atoms with Gasteiger partial charge < -0.3 is 5.73 Å². The van der Waals surface area contributed by atoms with E-state index < -0.39 is 10.0 Å². The van der Waals surface area contributed by atoms with Crippen LogP contribution in [0.1, 0.15) is 11.3 Å². The quantitative estimate of drug-likeness (QED) is 0.891. The van der Waals surface area contributed by atoms with E-state index in [1.807, 2.05) is 13.0 Å². The highest BCUT2D eigenvalue weighted by Crippen LogP contribution is 2.19. The Bertz CT molecular complexity index is 717. The van der Waals surface area contributed by atoms with Gasteiger partial charge in [0.25, 0.3) is 0 Å². The topological polar surface area (TPSA) is 98.0 Å². The first-order valence-corrected chi connectivity index (χ1v) is 7.57. The largest absolute Gasteiger partial charge is 0.382 e. The minimum absolute atomic E-state index is 0.0308. The molecule has 0 atom stereocenters. The summed E-state index contributed by atoms with van der Waals surface area (Å²) in [4.78, 5) is 7.79. The highest BCUT2D eigenvalue weighted by atomic mass is 35.5. The number of aromatic nitrogens is 2. The van der Waals surface area contributed by atoms with E-state index in [1.54, 1.807) is 12.3 Å². The molecule has 0 fully saturated rings. The van der Waals surface area contributed by atoms with Gasteiger partial charge in [0.05, 0.1) is 5.02 Å². The third-order valence-electron chi connectivity index (χ3n) is 2.59. The van der Waals surface area contributed by atoms with Crippen LogP contribution in [0.15, 0.2) is 35.5 Å². The standard InChI is InChI=1S/C12H13ClN4O2S/c1-8-2-3-9(5-15-8)6-17-20(18,19)10-4-11(13)12(14)16-7-10/h2-5,7,17H,6H2,1H3,(H2,14,16). The zero-order valence-corrected chi connectivity index (χ0v) is 12.2. The number of nitrogens with two attached hydrogens (primary N) is 1. The number of aryl methyl sites for hydroxylation is 1. The van der Waals surface area contributed by atoms with Crippen LogP contribution in [-0.2, 0) is 16.6 Å². The second-order valence-corrected chi connectivity index (χ2v) is 6.34. The molecule has 8 heteroatoms. The van der Waals surface area contributed by atoms with Crippen LogP contribution in [0.25, 0.3) is 0 Å². The van der Waals surface area contributed by atoms with E-state index >= 15 is 0 Å². The molecule has 0 bridgehead atoms. The number of nitrogens with zero attached hydrogens (tertiary/aromatic N) is 2. The molecule has 0 aliphatic rings. The maximum absolute atomic E-state index is 12.1. The van der Waals surface area contributed by atoms with Crippen molar-refractivity contribution in [3.8, 4) is 0 Å². The number of hydrogen-bond donors (Lipinski definition) is 2. The molecular weight excluding hydrogens is 300 g/mol. The highest BCUT2D eigenvalue weighted by Gasteiger charge is 2.15. The van der Waals surface area contributed by atoms with Crippen molar-refractivity contribution in [1.29, 1.82) is 0 Å². The summed E-state index contributed by atoms with van der Waals surface area (Å²) in [7, 11) is -3.69. The molecule has 2 rings (SSSR count). The number of hydrogen-bond acceptors (Lipinski definition) is 5. The molecule has 0 aromatic carbocycles. The zero-order chi connectivity index (χ0) is 14.8. The van der Waals surface area contributed by atoms with Crippen LogP contribution in [-0.4, -0.2) is 18.4 Å². The molecule has 0 aliphatic heterocycles. The molecule has 106 valence electrons. The van der Waals surface area contributed by atoms with Crippen LogP contribution in [0.2, 0.25) is 5.02 Å².